The average Bonchev–Trinajstić information content (AvgIpc) is 2.41. The van der Waals surface area contributed by atoms with Gasteiger partial charge in [0.05, 0.1) is 6.61 Å². The zero-order valence-corrected chi connectivity index (χ0v) is 12.1. The first-order valence-electron chi connectivity index (χ1n) is 6.41. The summed E-state index contributed by atoms with van der Waals surface area (Å²) in [6.07, 6.45) is -1.45. The molecule has 0 aliphatic rings. The lowest BCUT2D eigenvalue weighted by Gasteiger charge is -2.17. The fourth-order valence-corrected chi connectivity index (χ4v) is 1.48. The van der Waals surface area contributed by atoms with E-state index in [0.717, 1.165) is 11.1 Å². The van der Waals surface area contributed by atoms with Gasteiger partial charge < -0.3 is 9.47 Å². The van der Waals surface area contributed by atoms with Crippen molar-refractivity contribution in [2.24, 2.45) is 0 Å². The van der Waals surface area contributed by atoms with Crippen molar-refractivity contribution in [2.45, 2.75) is 33.8 Å². The van der Waals surface area contributed by atoms with Crippen LogP contribution < -0.4 is 15.6 Å². The summed E-state index contributed by atoms with van der Waals surface area (Å²) in [5.74, 6) is 0.183. The van der Waals surface area contributed by atoms with Crippen LogP contribution in [0.1, 0.15) is 25.0 Å². The van der Waals surface area contributed by atoms with E-state index in [4.69, 9.17) is 4.74 Å². The quantitative estimate of drug-likeness (QED) is 0.825. The van der Waals surface area contributed by atoms with Crippen molar-refractivity contribution in [3.8, 4) is 5.75 Å². The number of nitrogens with one attached hydrogen (secondary N) is 2. The molecule has 0 unspecified atom stereocenters. The van der Waals surface area contributed by atoms with Crippen molar-refractivity contribution in [2.75, 3.05) is 6.61 Å². The van der Waals surface area contributed by atoms with Crippen LogP contribution >= 0.6 is 0 Å². The minimum atomic E-state index is -0.738. The van der Waals surface area contributed by atoms with Crippen molar-refractivity contribution < 1.29 is 19.1 Å². The average molecular weight is 280 g/mol. The summed E-state index contributed by atoms with van der Waals surface area (Å²) in [5, 5.41) is 0. The van der Waals surface area contributed by atoms with E-state index < -0.39 is 18.1 Å². The van der Waals surface area contributed by atoms with Gasteiger partial charge in [-0.2, -0.15) is 0 Å². The van der Waals surface area contributed by atoms with Gasteiger partial charge in [-0.15, -0.1) is 0 Å². The van der Waals surface area contributed by atoms with E-state index in [9.17, 15) is 9.59 Å². The van der Waals surface area contributed by atoms with Gasteiger partial charge >= 0.3 is 6.09 Å². The molecule has 6 nitrogen and oxygen atoms in total. The molecule has 20 heavy (non-hydrogen) atoms. The van der Waals surface area contributed by atoms with Crippen LogP contribution in [-0.2, 0) is 9.53 Å². The molecule has 0 bridgehead atoms. The number of aryl methyl sites for hydroxylation is 1. The molecule has 2 amide bonds. The molecule has 1 aromatic rings. The Hall–Kier alpha value is -2.24. The lowest BCUT2D eigenvalue weighted by Crippen LogP contribution is -2.47. The Balaban J connectivity index is 2.53. The fourth-order valence-electron chi connectivity index (χ4n) is 1.48. The first-order chi connectivity index (χ1) is 9.45. The number of ether oxygens (including phenoxy) is 2. The summed E-state index contributed by atoms with van der Waals surface area (Å²) in [4.78, 5) is 22.8. The minimum absolute atomic E-state index is 0.232. The lowest BCUT2D eigenvalue weighted by atomic mass is 10.1. The topological polar surface area (TPSA) is 76.7 Å². The highest BCUT2D eigenvalue weighted by Gasteiger charge is 2.16. The Bertz CT molecular complexity index is 488. The summed E-state index contributed by atoms with van der Waals surface area (Å²) in [7, 11) is 0. The smallest absolute Gasteiger partial charge is 0.426 e. The normalized spacial score (nSPS) is 11.4. The Kier molecular flexibility index (Phi) is 5.83. The third-order valence-corrected chi connectivity index (χ3v) is 2.79. The number of hydrogen-bond donors (Lipinski definition) is 2. The van der Waals surface area contributed by atoms with Crippen LogP contribution in [0.4, 0.5) is 4.79 Å². The number of benzene rings is 1. The largest absolute Gasteiger partial charge is 0.481 e. The van der Waals surface area contributed by atoms with Gasteiger partial charge in [-0.05, 0) is 44.9 Å². The van der Waals surface area contributed by atoms with Gasteiger partial charge in [-0.3, -0.25) is 10.2 Å². The molecular weight excluding hydrogens is 260 g/mol. The maximum absolute atomic E-state index is 11.7. The van der Waals surface area contributed by atoms with Crippen LogP contribution in [0.3, 0.4) is 0 Å². The second-order valence-electron chi connectivity index (χ2n) is 4.29. The molecule has 0 aliphatic carbocycles. The summed E-state index contributed by atoms with van der Waals surface area (Å²) in [6.45, 7) is 7.40. The van der Waals surface area contributed by atoms with Gasteiger partial charge in [-0.1, -0.05) is 12.1 Å². The molecule has 1 atom stereocenters. The predicted octanol–water partition coefficient (Wildman–Crippen LogP) is 1.85. The van der Waals surface area contributed by atoms with E-state index in [1.54, 1.807) is 19.9 Å². The Labute approximate surface area is 118 Å². The summed E-state index contributed by atoms with van der Waals surface area (Å²) in [5.41, 5.74) is 6.43. The van der Waals surface area contributed by atoms with Crippen molar-refractivity contribution in [3.63, 3.8) is 0 Å². The molecule has 0 saturated heterocycles. The number of hydrazine groups is 1. The second kappa shape index (κ2) is 7.37. The predicted molar refractivity (Wildman–Crippen MR) is 74.3 cm³/mol. The van der Waals surface area contributed by atoms with Crippen molar-refractivity contribution in [1.82, 2.24) is 10.9 Å². The number of hydrogen-bond acceptors (Lipinski definition) is 4. The molecule has 110 valence electrons. The van der Waals surface area contributed by atoms with Gasteiger partial charge in [0.15, 0.2) is 6.10 Å². The van der Waals surface area contributed by atoms with E-state index in [0.29, 0.717) is 5.75 Å². The molecule has 0 aromatic heterocycles. The molecule has 0 fully saturated rings. The Morgan fingerprint density at radius 2 is 1.95 bits per heavy atom. The van der Waals surface area contributed by atoms with Crippen LogP contribution in [0.15, 0.2) is 18.2 Å². The molecule has 0 spiro atoms. The monoisotopic (exact) mass is 280 g/mol. The Morgan fingerprint density at radius 1 is 1.25 bits per heavy atom. The van der Waals surface area contributed by atoms with Gasteiger partial charge in [0.1, 0.15) is 5.75 Å². The first-order valence-corrected chi connectivity index (χ1v) is 6.41. The molecule has 6 heteroatoms. The van der Waals surface area contributed by atoms with E-state index in [-0.39, 0.29) is 6.61 Å². The molecule has 2 N–H and O–H groups in total. The molecule has 1 aromatic carbocycles. The molecular formula is C14H20N2O4. The maximum Gasteiger partial charge on any atom is 0.426 e. The van der Waals surface area contributed by atoms with E-state index in [2.05, 4.69) is 15.6 Å². The van der Waals surface area contributed by atoms with Crippen LogP contribution in [-0.4, -0.2) is 24.7 Å². The summed E-state index contributed by atoms with van der Waals surface area (Å²) >= 11 is 0. The molecule has 0 saturated carbocycles. The van der Waals surface area contributed by atoms with Crippen molar-refractivity contribution in [3.05, 3.63) is 29.3 Å². The summed E-state index contributed by atoms with van der Waals surface area (Å²) in [6, 6.07) is 5.62. The third kappa shape index (κ3) is 4.46. The number of rotatable bonds is 4. The third-order valence-electron chi connectivity index (χ3n) is 2.79. The van der Waals surface area contributed by atoms with Crippen molar-refractivity contribution >= 4 is 12.0 Å². The molecule has 1 rings (SSSR count). The fraction of sp³-hybridized carbons (Fsp3) is 0.429. The standard InChI is InChI=1S/C14H20N2O4/c1-5-19-14(18)16-15-13(17)11(4)20-12-8-6-7-9(2)10(12)3/h6-8,11H,5H2,1-4H3,(H,15,17)(H,16,18)/t11-/m1/s1. The van der Waals surface area contributed by atoms with Gasteiger partial charge in [0.2, 0.25) is 0 Å². The van der Waals surface area contributed by atoms with Gasteiger partial charge in [0.25, 0.3) is 5.91 Å². The van der Waals surface area contributed by atoms with Gasteiger partial charge in [-0.25, -0.2) is 10.2 Å². The molecule has 0 heterocycles. The highest BCUT2D eigenvalue weighted by atomic mass is 16.6. The number of carbonyl (C=O) groups is 2. The van der Waals surface area contributed by atoms with Crippen LogP contribution in [0, 0.1) is 13.8 Å². The lowest BCUT2D eigenvalue weighted by molar-refractivity contribution is -0.128. The first kappa shape index (κ1) is 15.8. The van der Waals surface area contributed by atoms with E-state index in [1.165, 1.54) is 0 Å². The maximum atomic E-state index is 11.7. The zero-order valence-electron chi connectivity index (χ0n) is 12.1. The van der Waals surface area contributed by atoms with Crippen LogP contribution in [0.2, 0.25) is 0 Å². The number of amides is 2. The SMILES string of the molecule is CCOC(=O)NNC(=O)[C@@H](C)Oc1cccc(C)c1C. The minimum Gasteiger partial charge on any atom is -0.481 e. The zero-order chi connectivity index (χ0) is 15.1. The molecule has 0 aliphatic heterocycles. The van der Waals surface area contributed by atoms with Crippen LogP contribution in [0.5, 0.6) is 5.75 Å². The van der Waals surface area contributed by atoms with E-state index in [1.807, 2.05) is 26.0 Å². The number of carbonyl (C=O) groups excluding carboxylic acids is 2. The Morgan fingerprint density at radius 3 is 2.60 bits per heavy atom. The van der Waals surface area contributed by atoms with Crippen LogP contribution in [0.25, 0.3) is 0 Å². The molecule has 0 radical (unpaired) electrons. The van der Waals surface area contributed by atoms with Crippen molar-refractivity contribution in [1.29, 1.82) is 0 Å². The second-order valence-corrected chi connectivity index (χ2v) is 4.29. The highest BCUT2D eigenvalue weighted by Crippen LogP contribution is 2.21. The summed E-state index contributed by atoms with van der Waals surface area (Å²) < 4.78 is 10.2. The van der Waals surface area contributed by atoms with E-state index >= 15 is 0 Å². The van der Waals surface area contributed by atoms with Gasteiger partial charge in [0, 0.05) is 0 Å². The highest BCUT2D eigenvalue weighted by molar-refractivity contribution is 5.82.